The molecule has 1 aliphatic heterocycles. The molecule has 0 aromatic carbocycles. The minimum atomic E-state index is 0.123. The van der Waals surface area contributed by atoms with E-state index in [9.17, 15) is 4.79 Å². The topological polar surface area (TPSA) is 32.3 Å². The van der Waals surface area contributed by atoms with Gasteiger partial charge in [0.2, 0.25) is 5.91 Å². The summed E-state index contributed by atoms with van der Waals surface area (Å²) in [5, 5.41) is 3.09. The maximum atomic E-state index is 11.1. The van der Waals surface area contributed by atoms with Crippen LogP contribution in [0.1, 0.15) is 58.3 Å². The molecular formula is C14H26N2O. The summed E-state index contributed by atoms with van der Waals surface area (Å²) in [5.74, 6) is 0.123. The zero-order chi connectivity index (χ0) is 12.1. The fourth-order valence-electron chi connectivity index (χ4n) is 3.37. The summed E-state index contributed by atoms with van der Waals surface area (Å²) >= 11 is 0. The van der Waals surface area contributed by atoms with E-state index in [1.54, 1.807) is 6.92 Å². The highest BCUT2D eigenvalue weighted by atomic mass is 16.1. The third-order valence-electron chi connectivity index (χ3n) is 4.20. The number of amides is 1. The Hall–Kier alpha value is -0.570. The van der Waals surface area contributed by atoms with Crippen LogP contribution in [-0.2, 0) is 4.79 Å². The van der Waals surface area contributed by atoms with Crippen molar-refractivity contribution in [3.63, 3.8) is 0 Å². The first-order chi connectivity index (χ1) is 8.25. The summed E-state index contributed by atoms with van der Waals surface area (Å²) in [5.41, 5.74) is 0. The molecule has 3 heteroatoms. The van der Waals surface area contributed by atoms with E-state index in [-0.39, 0.29) is 5.91 Å². The van der Waals surface area contributed by atoms with Gasteiger partial charge in [-0.2, -0.15) is 0 Å². The van der Waals surface area contributed by atoms with Crippen LogP contribution in [0.25, 0.3) is 0 Å². The van der Waals surface area contributed by atoms with Crippen molar-refractivity contribution in [3.8, 4) is 0 Å². The summed E-state index contributed by atoms with van der Waals surface area (Å²) in [4.78, 5) is 13.8. The maximum absolute atomic E-state index is 11.1. The van der Waals surface area contributed by atoms with Crippen LogP contribution in [0, 0.1) is 0 Å². The Balaban J connectivity index is 1.84. The van der Waals surface area contributed by atoms with Gasteiger partial charge in [-0.05, 0) is 32.2 Å². The number of nitrogens with one attached hydrogen (secondary N) is 1. The van der Waals surface area contributed by atoms with Crippen LogP contribution in [0.4, 0.5) is 0 Å². The van der Waals surface area contributed by atoms with Gasteiger partial charge in [0.05, 0.1) is 0 Å². The summed E-state index contributed by atoms with van der Waals surface area (Å²) in [6.45, 7) is 3.94. The molecule has 0 aromatic heterocycles. The van der Waals surface area contributed by atoms with E-state index in [2.05, 4.69) is 10.2 Å². The van der Waals surface area contributed by atoms with Crippen molar-refractivity contribution in [2.24, 2.45) is 0 Å². The highest BCUT2D eigenvalue weighted by Gasteiger charge is 2.26. The quantitative estimate of drug-likeness (QED) is 0.749. The van der Waals surface area contributed by atoms with Gasteiger partial charge in [0.1, 0.15) is 0 Å². The van der Waals surface area contributed by atoms with E-state index in [0.717, 1.165) is 19.0 Å². The number of hydrogen-bond donors (Lipinski definition) is 1. The number of nitrogens with zero attached hydrogens (tertiary/aromatic N) is 1. The van der Waals surface area contributed by atoms with Gasteiger partial charge < -0.3 is 5.32 Å². The first-order valence-electron chi connectivity index (χ1n) is 7.27. The molecule has 3 nitrogen and oxygen atoms in total. The van der Waals surface area contributed by atoms with Gasteiger partial charge in [-0.3, -0.25) is 9.69 Å². The van der Waals surface area contributed by atoms with Gasteiger partial charge in [0.25, 0.3) is 0 Å². The van der Waals surface area contributed by atoms with Crippen LogP contribution in [0.2, 0.25) is 0 Å². The fourth-order valence-corrected chi connectivity index (χ4v) is 3.37. The Morgan fingerprint density at radius 3 is 2.41 bits per heavy atom. The molecule has 0 aromatic rings. The molecule has 0 spiro atoms. The van der Waals surface area contributed by atoms with Crippen molar-refractivity contribution in [2.75, 3.05) is 13.1 Å². The minimum absolute atomic E-state index is 0.123. The molecular weight excluding hydrogens is 212 g/mol. The minimum Gasteiger partial charge on any atom is -0.352 e. The summed E-state index contributed by atoms with van der Waals surface area (Å²) in [7, 11) is 0. The average Bonchev–Trinajstić information content (AvgIpc) is 2.57. The van der Waals surface area contributed by atoms with E-state index in [1.165, 1.54) is 51.5 Å². The van der Waals surface area contributed by atoms with Crippen LogP contribution in [0.15, 0.2) is 0 Å². The second kappa shape index (κ2) is 6.39. The Bertz CT molecular complexity index is 247. The lowest BCUT2D eigenvalue weighted by Crippen LogP contribution is -2.50. The van der Waals surface area contributed by atoms with Crippen LogP contribution in [0.3, 0.4) is 0 Å². The van der Waals surface area contributed by atoms with E-state index in [0.29, 0.717) is 6.04 Å². The van der Waals surface area contributed by atoms with Crippen LogP contribution in [-0.4, -0.2) is 36.0 Å². The van der Waals surface area contributed by atoms with E-state index < -0.39 is 0 Å². The largest absolute Gasteiger partial charge is 0.352 e. The molecule has 1 amide bonds. The first-order valence-corrected chi connectivity index (χ1v) is 7.27. The highest BCUT2D eigenvalue weighted by Crippen LogP contribution is 2.24. The molecule has 1 saturated heterocycles. The molecule has 1 unspecified atom stereocenters. The predicted octanol–water partition coefficient (Wildman–Crippen LogP) is 2.31. The molecule has 0 bridgehead atoms. The van der Waals surface area contributed by atoms with E-state index >= 15 is 0 Å². The second-order valence-electron chi connectivity index (χ2n) is 5.68. The van der Waals surface area contributed by atoms with Gasteiger partial charge in [-0.1, -0.05) is 25.7 Å². The molecule has 98 valence electrons. The van der Waals surface area contributed by atoms with Gasteiger partial charge in [0, 0.05) is 25.6 Å². The first kappa shape index (κ1) is 12.9. The van der Waals surface area contributed by atoms with Crippen molar-refractivity contribution in [3.05, 3.63) is 0 Å². The zero-order valence-electron chi connectivity index (χ0n) is 11.1. The van der Waals surface area contributed by atoms with Crippen LogP contribution >= 0.6 is 0 Å². The molecule has 2 rings (SSSR count). The number of piperidine rings is 1. The van der Waals surface area contributed by atoms with Crippen LogP contribution < -0.4 is 5.32 Å². The zero-order valence-corrected chi connectivity index (χ0v) is 11.1. The van der Waals surface area contributed by atoms with Gasteiger partial charge in [-0.15, -0.1) is 0 Å². The molecule has 1 atom stereocenters. The molecule has 2 aliphatic rings. The number of rotatable bonds is 2. The molecule has 1 N–H and O–H groups in total. The number of hydrogen-bond acceptors (Lipinski definition) is 2. The Morgan fingerprint density at radius 1 is 1.06 bits per heavy atom. The molecule has 2 fully saturated rings. The lowest BCUT2D eigenvalue weighted by Gasteiger charge is -2.38. The van der Waals surface area contributed by atoms with Crippen molar-refractivity contribution in [1.29, 1.82) is 0 Å². The Kier molecular flexibility index (Phi) is 4.84. The summed E-state index contributed by atoms with van der Waals surface area (Å²) in [6.07, 6.45) is 10.8. The van der Waals surface area contributed by atoms with Gasteiger partial charge in [0.15, 0.2) is 0 Å². The van der Waals surface area contributed by atoms with Crippen LogP contribution in [0.5, 0.6) is 0 Å². The standard InChI is InChI=1S/C14H26N2O/c1-12(17)15-13-7-6-10-16(11-13)14-8-4-2-3-5-9-14/h13-14H,2-11H2,1H3,(H,15,17). The number of likely N-dealkylation sites (tertiary alicyclic amines) is 1. The number of carbonyl (C=O) groups is 1. The third-order valence-corrected chi connectivity index (χ3v) is 4.20. The third kappa shape index (κ3) is 3.98. The predicted molar refractivity (Wildman–Crippen MR) is 69.9 cm³/mol. The normalized spacial score (nSPS) is 28.6. The maximum Gasteiger partial charge on any atom is 0.217 e. The van der Waals surface area contributed by atoms with Crippen molar-refractivity contribution < 1.29 is 4.79 Å². The number of carbonyl (C=O) groups excluding carboxylic acids is 1. The summed E-state index contributed by atoms with van der Waals surface area (Å²) < 4.78 is 0. The van der Waals surface area contributed by atoms with Crippen molar-refractivity contribution in [2.45, 2.75) is 70.4 Å². The summed E-state index contributed by atoms with van der Waals surface area (Å²) in [6, 6.07) is 1.18. The monoisotopic (exact) mass is 238 g/mol. The van der Waals surface area contributed by atoms with Crippen molar-refractivity contribution >= 4 is 5.91 Å². The second-order valence-corrected chi connectivity index (χ2v) is 5.68. The molecule has 1 aliphatic carbocycles. The Morgan fingerprint density at radius 2 is 1.76 bits per heavy atom. The van der Waals surface area contributed by atoms with E-state index in [4.69, 9.17) is 0 Å². The smallest absolute Gasteiger partial charge is 0.217 e. The van der Waals surface area contributed by atoms with Crippen molar-refractivity contribution in [1.82, 2.24) is 10.2 Å². The van der Waals surface area contributed by atoms with Gasteiger partial charge >= 0.3 is 0 Å². The molecule has 1 heterocycles. The van der Waals surface area contributed by atoms with E-state index in [1.807, 2.05) is 0 Å². The molecule has 17 heavy (non-hydrogen) atoms. The lowest BCUT2D eigenvalue weighted by molar-refractivity contribution is -0.120. The SMILES string of the molecule is CC(=O)NC1CCCN(C2CCCCCC2)C1. The molecule has 1 saturated carbocycles. The lowest BCUT2D eigenvalue weighted by atomic mass is 10.00. The average molecular weight is 238 g/mol. The Labute approximate surface area is 105 Å². The highest BCUT2D eigenvalue weighted by molar-refractivity contribution is 5.73. The fraction of sp³-hybridized carbons (Fsp3) is 0.929. The molecule has 0 radical (unpaired) electrons. The van der Waals surface area contributed by atoms with Gasteiger partial charge in [-0.25, -0.2) is 0 Å².